The Balaban J connectivity index is 1.56. The molecule has 5 aromatic rings. The lowest BCUT2D eigenvalue weighted by molar-refractivity contribution is -0.384. The standard InChI is InChI=1S/C27H22N5O2/c33-32(34)23-9-7-19(8-10-23)26-30-25-24(21-6-5-18-3-1-2-4-20(18)17-21)13-16-29-27(25)31(26)22-11-14-28-15-12-22/h1-10,13,16-17,22H,11-12,14-15H2/q-1. The number of rotatable bonds is 4. The van der Waals surface area contributed by atoms with Crippen LogP contribution in [-0.2, 0) is 0 Å². The molecule has 0 aliphatic carbocycles. The molecule has 0 atom stereocenters. The summed E-state index contributed by atoms with van der Waals surface area (Å²) < 4.78 is 2.22. The van der Waals surface area contributed by atoms with E-state index in [4.69, 9.17) is 9.97 Å². The SMILES string of the molecule is O=[N+]([O-])c1ccc(-c2nc3c(-c4ccc5ccccc5c4)ccnc3n2C2CC[N-]CC2)cc1. The number of imidazole rings is 1. The molecule has 0 bridgehead atoms. The van der Waals surface area contributed by atoms with Crippen LogP contribution in [0.1, 0.15) is 18.9 Å². The third kappa shape index (κ3) is 3.50. The van der Waals surface area contributed by atoms with Crippen molar-refractivity contribution in [2.45, 2.75) is 18.9 Å². The largest absolute Gasteiger partial charge is 0.662 e. The topological polar surface area (TPSA) is 87.9 Å². The Morgan fingerprint density at radius 3 is 2.41 bits per heavy atom. The number of hydrogen-bond acceptors (Lipinski definition) is 4. The van der Waals surface area contributed by atoms with Crippen molar-refractivity contribution in [3.63, 3.8) is 0 Å². The Morgan fingerprint density at radius 2 is 1.65 bits per heavy atom. The molecule has 0 radical (unpaired) electrons. The molecular weight excluding hydrogens is 426 g/mol. The molecule has 3 heterocycles. The highest BCUT2D eigenvalue weighted by atomic mass is 16.6. The first-order chi connectivity index (χ1) is 16.7. The summed E-state index contributed by atoms with van der Waals surface area (Å²) >= 11 is 0. The van der Waals surface area contributed by atoms with Crippen molar-refractivity contribution >= 4 is 27.6 Å². The number of nitrogens with zero attached hydrogens (tertiary/aromatic N) is 5. The van der Waals surface area contributed by atoms with E-state index in [0.29, 0.717) is 0 Å². The summed E-state index contributed by atoms with van der Waals surface area (Å²) in [6.07, 6.45) is 3.69. The Labute approximate surface area is 196 Å². The minimum Gasteiger partial charge on any atom is -0.662 e. The van der Waals surface area contributed by atoms with Gasteiger partial charge in [-0.05, 0) is 40.6 Å². The third-order valence-electron chi connectivity index (χ3n) is 6.58. The zero-order chi connectivity index (χ0) is 23.1. The van der Waals surface area contributed by atoms with Crippen LogP contribution in [0.5, 0.6) is 0 Å². The highest BCUT2D eigenvalue weighted by molar-refractivity contribution is 5.95. The zero-order valence-corrected chi connectivity index (χ0v) is 18.5. The van der Waals surface area contributed by atoms with Crippen LogP contribution in [0.3, 0.4) is 0 Å². The van der Waals surface area contributed by atoms with Gasteiger partial charge in [-0.15, -0.1) is 13.1 Å². The van der Waals surface area contributed by atoms with E-state index in [9.17, 15) is 10.1 Å². The van der Waals surface area contributed by atoms with Crippen molar-refractivity contribution in [1.29, 1.82) is 0 Å². The first-order valence-electron chi connectivity index (χ1n) is 11.4. The van der Waals surface area contributed by atoms with Crippen molar-refractivity contribution in [2.75, 3.05) is 13.1 Å². The summed E-state index contributed by atoms with van der Waals surface area (Å²) in [4.78, 5) is 20.6. The van der Waals surface area contributed by atoms with Crippen LogP contribution in [0.25, 0.3) is 49.8 Å². The minimum absolute atomic E-state index is 0.0675. The maximum atomic E-state index is 11.2. The number of piperidine rings is 1. The maximum Gasteiger partial charge on any atom is 0.269 e. The van der Waals surface area contributed by atoms with Crippen molar-refractivity contribution in [1.82, 2.24) is 14.5 Å². The van der Waals surface area contributed by atoms with Gasteiger partial charge in [-0.25, -0.2) is 9.97 Å². The number of nitro groups is 1. The molecule has 6 rings (SSSR count). The predicted molar refractivity (Wildman–Crippen MR) is 134 cm³/mol. The highest BCUT2D eigenvalue weighted by Crippen LogP contribution is 2.37. The van der Waals surface area contributed by atoms with Crippen molar-refractivity contribution in [3.8, 4) is 22.5 Å². The molecule has 7 nitrogen and oxygen atoms in total. The van der Waals surface area contributed by atoms with Gasteiger partial charge >= 0.3 is 0 Å². The van der Waals surface area contributed by atoms with Gasteiger partial charge in [0.25, 0.3) is 5.69 Å². The van der Waals surface area contributed by atoms with E-state index in [1.807, 2.05) is 24.4 Å². The number of non-ortho nitro benzene ring substituents is 1. The lowest BCUT2D eigenvalue weighted by atomic mass is 10.0. The van der Waals surface area contributed by atoms with E-state index in [0.717, 1.165) is 59.6 Å². The summed E-state index contributed by atoms with van der Waals surface area (Å²) in [5, 5.41) is 18.0. The summed E-state index contributed by atoms with van der Waals surface area (Å²) in [6, 6.07) is 23.6. The molecule has 0 saturated carbocycles. The van der Waals surface area contributed by atoms with Crippen LogP contribution in [0.4, 0.5) is 5.69 Å². The maximum absolute atomic E-state index is 11.2. The van der Waals surface area contributed by atoms with Crippen molar-refractivity contribution in [2.24, 2.45) is 0 Å². The summed E-state index contributed by atoms with van der Waals surface area (Å²) in [5.74, 6) is 0.789. The van der Waals surface area contributed by atoms with E-state index in [2.05, 4.69) is 40.2 Å². The fourth-order valence-electron chi connectivity index (χ4n) is 4.86. The Morgan fingerprint density at radius 1 is 0.912 bits per heavy atom. The molecule has 0 amide bonds. The van der Waals surface area contributed by atoms with Crippen LogP contribution in [0.2, 0.25) is 0 Å². The van der Waals surface area contributed by atoms with Gasteiger partial charge in [0.1, 0.15) is 11.3 Å². The molecule has 1 aliphatic heterocycles. The first kappa shape index (κ1) is 20.5. The Bertz CT molecular complexity index is 1520. The van der Waals surface area contributed by atoms with Gasteiger partial charge in [-0.3, -0.25) is 10.1 Å². The van der Waals surface area contributed by atoms with Gasteiger partial charge in [0.2, 0.25) is 0 Å². The van der Waals surface area contributed by atoms with Gasteiger partial charge in [-0.2, -0.15) is 0 Å². The molecule has 34 heavy (non-hydrogen) atoms. The predicted octanol–water partition coefficient (Wildman–Crippen LogP) is 6.54. The smallest absolute Gasteiger partial charge is 0.269 e. The van der Waals surface area contributed by atoms with E-state index in [1.165, 1.54) is 22.9 Å². The van der Waals surface area contributed by atoms with E-state index in [1.54, 1.807) is 12.1 Å². The molecular formula is C27H22N5O2-. The average Bonchev–Trinajstić information content (AvgIpc) is 3.29. The number of pyridine rings is 1. The second-order valence-corrected chi connectivity index (χ2v) is 8.60. The number of aromatic nitrogens is 3. The van der Waals surface area contributed by atoms with Crippen LogP contribution in [-0.4, -0.2) is 32.5 Å². The third-order valence-corrected chi connectivity index (χ3v) is 6.58. The van der Waals surface area contributed by atoms with Crippen molar-refractivity contribution < 1.29 is 4.92 Å². The molecule has 1 aliphatic rings. The van der Waals surface area contributed by atoms with Gasteiger partial charge in [0.15, 0.2) is 5.65 Å². The average molecular weight is 449 g/mol. The number of nitro benzene ring substituents is 1. The normalized spacial score (nSPS) is 14.6. The summed E-state index contributed by atoms with van der Waals surface area (Å²) in [5.41, 5.74) is 4.70. The Hall–Kier alpha value is -4.10. The van der Waals surface area contributed by atoms with Crippen LogP contribution >= 0.6 is 0 Å². The molecule has 0 N–H and O–H groups in total. The lowest BCUT2D eigenvalue weighted by Gasteiger charge is -2.33. The van der Waals surface area contributed by atoms with Gasteiger partial charge in [0, 0.05) is 35.5 Å². The summed E-state index contributed by atoms with van der Waals surface area (Å²) in [6.45, 7) is 1.63. The molecule has 1 saturated heterocycles. The molecule has 1 fully saturated rings. The van der Waals surface area contributed by atoms with Crippen LogP contribution < -0.4 is 0 Å². The molecule has 3 aromatic carbocycles. The summed E-state index contributed by atoms with van der Waals surface area (Å²) in [7, 11) is 0. The monoisotopic (exact) mass is 448 g/mol. The van der Waals surface area contributed by atoms with E-state index < -0.39 is 0 Å². The Kier molecular flexibility index (Phi) is 5.04. The number of fused-ring (bicyclic) bond motifs is 2. The first-order valence-corrected chi connectivity index (χ1v) is 11.4. The van der Waals surface area contributed by atoms with Gasteiger partial charge in [-0.1, -0.05) is 49.2 Å². The lowest BCUT2D eigenvalue weighted by Crippen LogP contribution is -2.18. The number of hydrogen-bond donors (Lipinski definition) is 0. The van der Waals surface area contributed by atoms with E-state index >= 15 is 0 Å². The molecule has 7 heteroatoms. The zero-order valence-electron chi connectivity index (χ0n) is 18.5. The number of benzene rings is 3. The second-order valence-electron chi connectivity index (χ2n) is 8.60. The van der Waals surface area contributed by atoms with Gasteiger partial charge in [0.05, 0.1) is 4.92 Å². The van der Waals surface area contributed by atoms with E-state index in [-0.39, 0.29) is 16.7 Å². The van der Waals surface area contributed by atoms with Crippen molar-refractivity contribution in [3.05, 3.63) is 94.4 Å². The molecule has 2 aromatic heterocycles. The fourth-order valence-corrected chi connectivity index (χ4v) is 4.86. The minimum atomic E-state index is -0.380. The van der Waals surface area contributed by atoms with Crippen LogP contribution in [0, 0.1) is 10.1 Å². The quantitative estimate of drug-likeness (QED) is 0.231. The van der Waals surface area contributed by atoms with Gasteiger partial charge < -0.3 is 9.88 Å². The van der Waals surface area contributed by atoms with Crippen LogP contribution in [0.15, 0.2) is 79.0 Å². The fraction of sp³-hybridized carbons (Fsp3) is 0.185. The molecule has 0 unspecified atom stereocenters. The molecule has 0 spiro atoms. The molecule has 168 valence electrons. The second kappa shape index (κ2) is 8.35. The highest BCUT2D eigenvalue weighted by Gasteiger charge is 2.23.